The molecular formula is C16H19F3N2. The largest absolute Gasteiger partial charge is 0.417 e. The van der Waals surface area contributed by atoms with E-state index >= 15 is 0 Å². The van der Waals surface area contributed by atoms with E-state index in [0.717, 1.165) is 37.6 Å². The third-order valence-electron chi connectivity index (χ3n) is 3.70. The van der Waals surface area contributed by atoms with Crippen LogP contribution >= 0.6 is 0 Å². The fourth-order valence-electron chi connectivity index (χ4n) is 2.36. The van der Waals surface area contributed by atoms with Crippen molar-refractivity contribution in [3.8, 4) is 6.07 Å². The molecule has 2 rings (SSSR count). The molecule has 0 amide bonds. The van der Waals surface area contributed by atoms with Gasteiger partial charge in [0.05, 0.1) is 17.2 Å². The number of benzene rings is 1. The molecule has 0 aliphatic heterocycles. The summed E-state index contributed by atoms with van der Waals surface area (Å²) in [5.74, 6) is 0.538. The van der Waals surface area contributed by atoms with Gasteiger partial charge in [-0.05, 0) is 43.4 Å². The van der Waals surface area contributed by atoms with Crippen LogP contribution in [-0.4, -0.2) is 12.6 Å². The fourth-order valence-corrected chi connectivity index (χ4v) is 2.36. The van der Waals surface area contributed by atoms with Crippen LogP contribution in [0.1, 0.15) is 44.2 Å². The quantitative estimate of drug-likeness (QED) is 0.794. The molecule has 1 aromatic carbocycles. The lowest BCUT2D eigenvalue weighted by Gasteiger charge is -2.26. The van der Waals surface area contributed by atoms with Crippen LogP contribution in [0, 0.1) is 17.2 Å². The van der Waals surface area contributed by atoms with Crippen molar-refractivity contribution in [3.05, 3.63) is 29.3 Å². The monoisotopic (exact) mass is 296 g/mol. The molecule has 114 valence electrons. The van der Waals surface area contributed by atoms with E-state index in [1.54, 1.807) is 6.07 Å². The average molecular weight is 296 g/mol. The van der Waals surface area contributed by atoms with Gasteiger partial charge in [-0.25, -0.2) is 0 Å². The van der Waals surface area contributed by atoms with Gasteiger partial charge in [0.15, 0.2) is 0 Å². The van der Waals surface area contributed by atoms with Crippen LogP contribution in [0.2, 0.25) is 0 Å². The lowest BCUT2D eigenvalue weighted by atomic mass is 10.1. The van der Waals surface area contributed by atoms with E-state index in [0.29, 0.717) is 12.0 Å². The molecule has 5 heteroatoms. The number of nitriles is 1. The molecule has 0 heterocycles. The minimum absolute atomic E-state index is 0.296. The molecule has 0 saturated heterocycles. The topological polar surface area (TPSA) is 27.0 Å². The van der Waals surface area contributed by atoms with Crippen LogP contribution in [0.4, 0.5) is 18.9 Å². The van der Waals surface area contributed by atoms with E-state index in [1.165, 1.54) is 12.1 Å². The molecule has 1 aliphatic carbocycles. The summed E-state index contributed by atoms with van der Waals surface area (Å²) in [6.45, 7) is 5.07. The highest BCUT2D eigenvalue weighted by molar-refractivity contribution is 5.56. The van der Waals surface area contributed by atoms with Crippen LogP contribution in [0.15, 0.2) is 18.2 Å². The van der Waals surface area contributed by atoms with E-state index in [4.69, 9.17) is 5.26 Å². The Morgan fingerprint density at radius 3 is 2.48 bits per heavy atom. The molecule has 0 bridgehead atoms. The Morgan fingerprint density at radius 1 is 1.33 bits per heavy atom. The third kappa shape index (κ3) is 3.90. The van der Waals surface area contributed by atoms with Crippen molar-refractivity contribution in [1.29, 1.82) is 5.26 Å². The first-order valence-electron chi connectivity index (χ1n) is 7.21. The predicted octanol–water partition coefficient (Wildman–Crippen LogP) is 4.59. The molecule has 2 nitrogen and oxygen atoms in total. The molecule has 0 aromatic heterocycles. The van der Waals surface area contributed by atoms with Gasteiger partial charge in [-0.2, -0.15) is 18.4 Å². The second-order valence-corrected chi connectivity index (χ2v) is 5.95. The van der Waals surface area contributed by atoms with Crippen molar-refractivity contribution in [3.63, 3.8) is 0 Å². The minimum Gasteiger partial charge on any atom is -0.369 e. The second-order valence-electron chi connectivity index (χ2n) is 5.95. The van der Waals surface area contributed by atoms with Crippen LogP contribution in [0.25, 0.3) is 0 Å². The lowest BCUT2D eigenvalue weighted by Crippen LogP contribution is -2.28. The Morgan fingerprint density at radius 2 is 2.00 bits per heavy atom. The highest BCUT2D eigenvalue weighted by Crippen LogP contribution is 2.37. The molecule has 0 N–H and O–H groups in total. The van der Waals surface area contributed by atoms with Crippen molar-refractivity contribution < 1.29 is 13.2 Å². The number of hydrogen-bond donors (Lipinski definition) is 0. The molecule has 0 atom stereocenters. The zero-order chi connectivity index (χ0) is 15.6. The number of anilines is 1. The highest BCUT2D eigenvalue weighted by Gasteiger charge is 2.35. The Hall–Kier alpha value is -1.70. The van der Waals surface area contributed by atoms with Gasteiger partial charge < -0.3 is 4.90 Å². The van der Waals surface area contributed by atoms with Crippen molar-refractivity contribution in [1.82, 2.24) is 0 Å². The molecule has 0 spiro atoms. The third-order valence-corrected chi connectivity index (χ3v) is 3.70. The van der Waals surface area contributed by atoms with Gasteiger partial charge in [0.1, 0.15) is 0 Å². The van der Waals surface area contributed by atoms with Gasteiger partial charge >= 0.3 is 6.18 Å². The Kier molecular flexibility index (Phi) is 4.46. The van der Waals surface area contributed by atoms with E-state index in [9.17, 15) is 13.2 Å². The number of hydrogen-bond acceptors (Lipinski definition) is 2. The fraction of sp³-hybridized carbons (Fsp3) is 0.562. The van der Waals surface area contributed by atoms with Crippen molar-refractivity contribution >= 4 is 5.69 Å². The Labute approximate surface area is 123 Å². The molecule has 21 heavy (non-hydrogen) atoms. The zero-order valence-corrected chi connectivity index (χ0v) is 12.2. The summed E-state index contributed by atoms with van der Waals surface area (Å²) in [4.78, 5) is 2.14. The maximum atomic E-state index is 12.8. The minimum atomic E-state index is -4.48. The summed E-state index contributed by atoms with van der Waals surface area (Å²) in [7, 11) is 0. The Balaban J connectivity index is 2.28. The van der Waals surface area contributed by atoms with Gasteiger partial charge in [0, 0.05) is 18.3 Å². The summed E-state index contributed by atoms with van der Waals surface area (Å²) < 4.78 is 38.5. The summed E-state index contributed by atoms with van der Waals surface area (Å²) >= 11 is 0. The number of halogens is 3. The van der Waals surface area contributed by atoms with E-state index in [-0.39, 0.29) is 5.56 Å². The van der Waals surface area contributed by atoms with Crippen LogP contribution < -0.4 is 4.90 Å². The summed E-state index contributed by atoms with van der Waals surface area (Å²) in [5.41, 5.74) is -0.425. The highest BCUT2D eigenvalue weighted by atomic mass is 19.4. The standard InChI is InChI=1S/C16H19F3N2/c1-11(2)7-8-21(13-3-4-13)14-5-6-15(16(17,18)19)12(9-14)10-20/h5-6,9,11,13H,3-4,7-8H2,1-2H3. The molecule has 0 radical (unpaired) electrons. The van der Waals surface area contributed by atoms with Gasteiger partial charge in [0.25, 0.3) is 0 Å². The summed E-state index contributed by atoms with van der Waals surface area (Å²) in [6.07, 6.45) is -1.35. The number of nitrogens with zero attached hydrogens (tertiary/aromatic N) is 2. The van der Waals surface area contributed by atoms with Gasteiger partial charge in [-0.3, -0.25) is 0 Å². The number of rotatable bonds is 5. The van der Waals surface area contributed by atoms with E-state index in [1.807, 2.05) is 0 Å². The van der Waals surface area contributed by atoms with E-state index in [2.05, 4.69) is 18.7 Å². The molecule has 1 aliphatic rings. The van der Waals surface area contributed by atoms with Crippen molar-refractivity contribution in [2.75, 3.05) is 11.4 Å². The van der Waals surface area contributed by atoms with Gasteiger partial charge in [-0.15, -0.1) is 0 Å². The van der Waals surface area contributed by atoms with Crippen LogP contribution in [-0.2, 0) is 6.18 Å². The summed E-state index contributed by atoms with van der Waals surface area (Å²) in [5, 5.41) is 8.99. The maximum absolute atomic E-state index is 12.8. The maximum Gasteiger partial charge on any atom is 0.417 e. The zero-order valence-electron chi connectivity index (χ0n) is 12.2. The average Bonchev–Trinajstić information content (AvgIpc) is 3.21. The van der Waals surface area contributed by atoms with E-state index < -0.39 is 11.7 Å². The molecule has 0 unspecified atom stereocenters. The number of alkyl halides is 3. The van der Waals surface area contributed by atoms with Gasteiger partial charge in [0.2, 0.25) is 0 Å². The molecule has 1 fully saturated rings. The first-order chi connectivity index (χ1) is 9.82. The molecule has 1 aromatic rings. The van der Waals surface area contributed by atoms with Crippen LogP contribution in [0.3, 0.4) is 0 Å². The Bertz CT molecular complexity index is 539. The summed E-state index contributed by atoms with van der Waals surface area (Å²) in [6, 6.07) is 5.98. The second kappa shape index (κ2) is 5.97. The van der Waals surface area contributed by atoms with Crippen molar-refractivity contribution in [2.45, 2.75) is 45.3 Å². The molecular weight excluding hydrogens is 277 g/mol. The smallest absolute Gasteiger partial charge is 0.369 e. The first kappa shape index (κ1) is 15.7. The SMILES string of the molecule is CC(C)CCN(c1ccc(C(F)(F)F)c(C#N)c1)C1CC1. The molecule has 1 saturated carbocycles. The normalized spacial score (nSPS) is 15.1. The first-order valence-corrected chi connectivity index (χ1v) is 7.21. The predicted molar refractivity (Wildman–Crippen MR) is 76.0 cm³/mol. The lowest BCUT2D eigenvalue weighted by molar-refractivity contribution is -0.137. The van der Waals surface area contributed by atoms with Crippen molar-refractivity contribution in [2.24, 2.45) is 5.92 Å². The van der Waals surface area contributed by atoms with Gasteiger partial charge in [-0.1, -0.05) is 13.8 Å². The van der Waals surface area contributed by atoms with Crippen LogP contribution in [0.5, 0.6) is 0 Å².